The highest BCUT2D eigenvalue weighted by Gasteiger charge is 2.15. The number of hydrogen-bond donors (Lipinski definition) is 2. The van der Waals surface area contributed by atoms with Gasteiger partial charge in [-0.05, 0) is 36.4 Å². The number of anilines is 2. The van der Waals surface area contributed by atoms with E-state index >= 15 is 0 Å². The minimum absolute atomic E-state index is 0.505. The van der Waals surface area contributed by atoms with Crippen molar-refractivity contribution >= 4 is 34.0 Å². The van der Waals surface area contributed by atoms with Crippen LogP contribution in [0.15, 0.2) is 41.8 Å². The number of fused-ring (bicyclic) bond motifs is 1. The quantitative estimate of drug-likeness (QED) is 0.683. The molecule has 4 rings (SSSR count). The van der Waals surface area contributed by atoms with Crippen molar-refractivity contribution in [2.24, 2.45) is 0 Å². The normalized spacial score (nSPS) is 15.5. The first-order valence-electron chi connectivity index (χ1n) is 8.68. The Balaban J connectivity index is 1.60. The van der Waals surface area contributed by atoms with E-state index in [-0.39, 0.29) is 0 Å². The van der Waals surface area contributed by atoms with E-state index in [2.05, 4.69) is 40.3 Å². The van der Waals surface area contributed by atoms with Gasteiger partial charge in [0.25, 0.3) is 0 Å². The highest BCUT2D eigenvalue weighted by Crippen LogP contribution is 2.25. The van der Waals surface area contributed by atoms with Crippen molar-refractivity contribution in [3.8, 4) is 0 Å². The third kappa shape index (κ3) is 3.51. The SMILES string of the molecule is c1csc(CNc2nc(NC3CCCCC3)nc3ccccc23)c1. The molecule has 0 bridgehead atoms. The van der Waals surface area contributed by atoms with Crippen molar-refractivity contribution in [2.45, 2.75) is 44.7 Å². The van der Waals surface area contributed by atoms with Crippen LogP contribution in [0.1, 0.15) is 37.0 Å². The van der Waals surface area contributed by atoms with Crippen LogP contribution in [0.5, 0.6) is 0 Å². The highest BCUT2D eigenvalue weighted by atomic mass is 32.1. The van der Waals surface area contributed by atoms with Gasteiger partial charge in [0, 0.05) is 16.3 Å². The molecular formula is C19H22N4S. The molecule has 124 valence electrons. The average molecular weight is 338 g/mol. The average Bonchev–Trinajstić information content (AvgIpc) is 3.14. The van der Waals surface area contributed by atoms with E-state index in [9.17, 15) is 0 Å². The van der Waals surface area contributed by atoms with Crippen molar-refractivity contribution in [2.75, 3.05) is 10.6 Å². The second kappa shape index (κ2) is 7.18. The third-order valence-corrected chi connectivity index (χ3v) is 5.43. The minimum atomic E-state index is 0.505. The Morgan fingerprint density at radius 2 is 1.88 bits per heavy atom. The number of rotatable bonds is 5. The van der Waals surface area contributed by atoms with E-state index in [1.165, 1.54) is 37.0 Å². The van der Waals surface area contributed by atoms with Crippen LogP contribution < -0.4 is 10.6 Å². The number of aromatic nitrogens is 2. The Morgan fingerprint density at radius 1 is 1.00 bits per heavy atom. The van der Waals surface area contributed by atoms with E-state index in [1.807, 2.05) is 12.1 Å². The summed E-state index contributed by atoms with van der Waals surface area (Å²) in [5, 5.41) is 10.2. The first kappa shape index (κ1) is 15.4. The molecule has 0 amide bonds. The zero-order chi connectivity index (χ0) is 16.2. The fraction of sp³-hybridized carbons (Fsp3) is 0.368. The van der Waals surface area contributed by atoms with Gasteiger partial charge in [0.05, 0.1) is 12.1 Å². The van der Waals surface area contributed by atoms with E-state index in [0.717, 1.165) is 29.2 Å². The lowest BCUT2D eigenvalue weighted by Gasteiger charge is -2.23. The molecule has 1 aliphatic carbocycles. The molecule has 2 aromatic heterocycles. The largest absolute Gasteiger partial charge is 0.364 e. The van der Waals surface area contributed by atoms with Crippen LogP contribution >= 0.6 is 11.3 Å². The van der Waals surface area contributed by atoms with Gasteiger partial charge in [-0.25, -0.2) is 4.98 Å². The van der Waals surface area contributed by atoms with Crippen molar-refractivity contribution < 1.29 is 0 Å². The number of thiophene rings is 1. The van der Waals surface area contributed by atoms with Crippen molar-refractivity contribution in [1.82, 2.24) is 9.97 Å². The molecule has 3 aromatic rings. The molecule has 1 aliphatic rings. The summed E-state index contributed by atoms with van der Waals surface area (Å²) in [5.74, 6) is 1.65. The third-order valence-electron chi connectivity index (χ3n) is 4.55. The topological polar surface area (TPSA) is 49.8 Å². The molecule has 5 heteroatoms. The van der Waals surface area contributed by atoms with E-state index in [4.69, 9.17) is 9.97 Å². The van der Waals surface area contributed by atoms with Crippen LogP contribution in [0.3, 0.4) is 0 Å². The minimum Gasteiger partial charge on any atom is -0.364 e. The maximum absolute atomic E-state index is 4.77. The second-order valence-corrected chi connectivity index (χ2v) is 7.36. The summed E-state index contributed by atoms with van der Waals surface area (Å²) in [6.45, 7) is 0.793. The first-order valence-corrected chi connectivity index (χ1v) is 9.56. The van der Waals surface area contributed by atoms with Crippen molar-refractivity contribution in [1.29, 1.82) is 0 Å². The Bertz CT molecular complexity index is 794. The summed E-state index contributed by atoms with van der Waals surface area (Å²) < 4.78 is 0. The molecule has 0 saturated heterocycles. The lowest BCUT2D eigenvalue weighted by molar-refractivity contribution is 0.461. The lowest BCUT2D eigenvalue weighted by atomic mass is 9.96. The van der Waals surface area contributed by atoms with E-state index in [1.54, 1.807) is 11.3 Å². The fourth-order valence-electron chi connectivity index (χ4n) is 3.29. The molecule has 2 heterocycles. The maximum atomic E-state index is 4.77. The molecular weight excluding hydrogens is 316 g/mol. The highest BCUT2D eigenvalue weighted by molar-refractivity contribution is 7.09. The van der Waals surface area contributed by atoms with Crippen molar-refractivity contribution in [3.05, 3.63) is 46.7 Å². The summed E-state index contributed by atoms with van der Waals surface area (Å²) in [6, 6.07) is 12.9. The summed E-state index contributed by atoms with van der Waals surface area (Å²) in [4.78, 5) is 10.8. The summed E-state index contributed by atoms with van der Waals surface area (Å²) in [6.07, 6.45) is 6.39. The van der Waals surface area contributed by atoms with Gasteiger partial charge in [-0.1, -0.05) is 37.5 Å². The zero-order valence-electron chi connectivity index (χ0n) is 13.7. The van der Waals surface area contributed by atoms with Gasteiger partial charge in [-0.2, -0.15) is 4.98 Å². The molecule has 0 unspecified atom stereocenters. The lowest BCUT2D eigenvalue weighted by Crippen LogP contribution is -2.23. The molecule has 0 aliphatic heterocycles. The number of hydrogen-bond acceptors (Lipinski definition) is 5. The van der Waals surface area contributed by atoms with E-state index < -0.39 is 0 Å². The van der Waals surface area contributed by atoms with Crippen LogP contribution in [-0.4, -0.2) is 16.0 Å². The molecule has 4 nitrogen and oxygen atoms in total. The monoisotopic (exact) mass is 338 g/mol. The van der Waals surface area contributed by atoms with Crippen LogP contribution in [0.25, 0.3) is 10.9 Å². The number of nitrogens with zero attached hydrogens (tertiary/aromatic N) is 2. The first-order chi connectivity index (χ1) is 11.9. The van der Waals surface area contributed by atoms with Gasteiger partial charge in [-0.3, -0.25) is 0 Å². The Kier molecular flexibility index (Phi) is 4.60. The maximum Gasteiger partial charge on any atom is 0.225 e. The predicted molar refractivity (Wildman–Crippen MR) is 102 cm³/mol. The zero-order valence-corrected chi connectivity index (χ0v) is 14.5. The number of nitrogens with one attached hydrogen (secondary N) is 2. The molecule has 2 N–H and O–H groups in total. The van der Waals surface area contributed by atoms with Gasteiger partial charge >= 0.3 is 0 Å². The molecule has 1 fully saturated rings. The molecule has 24 heavy (non-hydrogen) atoms. The van der Waals surface area contributed by atoms with Gasteiger partial charge in [-0.15, -0.1) is 11.3 Å². The smallest absolute Gasteiger partial charge is 0.225 e. The summed E-state index contributed by atoms with van der Waals surface area (Å²) in [5.41, 5.74) is 0.986. The Hall–Kier alpha value is -2.14. The fourth-order valence-corrected chi connectivity index (χ4v) is 3.93. The van der Waals surface area contributed by atoms with Crippen LogP contribution in [-0.2, 0) is 6.54 Å². The Morgan fingerprint density at radius 3 is 2.71 bits per heavy atom. The van der Waals surface area contributed by atoms with Crippen LogP contribution in [0.4, 0.5) is 11.8 Å². The van der Waals surface area contributed by atoms with Crippen LogP contribution in [0, 0.1) is 0 Å². The molecule has 0 atom stereocenters. The standard InChI is InChI=1S/C19H22N4S/c1-2-7-14(8-3-1)21-19-22-17-11-5-4-10-16(17)18(23-19)20-13-15-9-6-12-24-15/h4-6,9-12,14H,1-3,7-8,13H2,(H2,20,21,22,23). The molecule has 0 radical (unpaired) electrons. The second-order valence-electron chi connectivity index (χ2n) is 6.33. The van der Waals surface area contributed by atoms with Gasteiger partial charge in [0.15, 0.2) is 0 Å². The van der Waals surface area contributed by atoms with Gasteiger partial charge in [0.2, 0.25) is 5.95 Å². The summed E-state index contributed by atoms with van der Waals surface area (Å²) >= 11 is 1.76. The molecule has 0 spiro atoms. The molecule has 1 saturated carbocycles. The molecule has 1 aromatic carbocycles. The van der Waals surface area contributed by atoms with E-state index in [0.29, 0.717) is 6.04 Å². The van der Waals surface area contributed by atoms with Crippen molar-refractivity contribution in [3.63, 3.8) is 0 Å². The summed E-state index contributed by atoms with van der Waals surface area (Å²) in [7, 11) is 0. The van der Waals surface area contributed by atoms with Gasteiger partial charge < -0.3 is 10.6 Å². The Labute approximate surface area is 146 Å². The van der Waals surface area contributed by atoms with Crippen LogP contribution in [0.2, 0.25) is 0 Å². The van der Waals surface area contributed by atoms with Gasteiger partial charge in [0.1, 0.15) is 5.82 Å². The number of para-hydroxylation sites is 1. The predicted octanol–water partition coefficient (Wildman–Crippen LogP) is 5.05. The number of benzene rings is 1.